The summed E-state index contributed by atoms with van der Waals surface area (Å²) in [7, 11) is 0. The van der Waals surface area contributed by atoms with Gasteiger partial charge >= 0.3 is 0 Å². The first kappa shape index (κ1) is 13.6. The van der Waals surface area contributed by atoms with Gasteiger partial charge in [-0.2, -0.15) is 12.6 Å². The number of rotatable bonds is 6. The Kier molecular flexibility index (Phi) is 5.93. The highest BCUT2D eigenvalue weighted by Crippen LogP contribution is 2.19. The van der Waals surface area contributed by atoms with Crippen molar-refractivity contribution in [3.8, 4) is 0 Å². The molecule has 2 unspecified atom stereocenters. The van der Waals surface area contributed by atoms with Crippen LogP contribution in [0.3, 0.4) is 0 Å². The van der Waals surface area contributed by atoms with Crippen LogP contribution in [0.1, 0.15) is 32.3 Å². The molecule has 2 atom stereocenters. The molecule has 0 bridgehead atoms. The summed E-state index contributed by atoms with van der Waals surface area (Å²) in [5.74, 6) is 1.79. The van der Waals surface area contributed by atoms with Gasteiger partial charge in [0.1, 0.15) is 0 Å². The molecule has 1 aromatic carbocycles. The summed E-state index contributed by atoms with van der Waals surface area (Å²) in [5.41, 5.74) is 1.31. The van der Waals surface area contributed by atoms with Gasteiger partial charge in [0.05, 0.1) is 12.7 Å². The van der Waals surface area contributed by atoms with Crippen molar-refractivity contribution < 1.29 is 4.74 Å². The zero-order valence-corrected chi connectivity index (χ0v) is 11.3. The lowest BCUT2D eigenvalue weighted by Crippen LogP contribution is -2.20. The summed E-state index contributed by atoms with van der Waals surface area (Å²) >= 11 is 4.40. The van der Waals surface area contributed by atoms with E-state index in [1.165, 1.54) is 5.56 Å². The van der Waals surface area contributed by atoms with E-state index >= 15 is 0 Å². The Hall–Kier alpha value is -0.470. The van der Waals surface area contributed by atoms with Crippen LogP contribution in [0.4, 0.5) is 0 Å². The normalized spacial score (nSPS) is 15.1. The molecule has 0 saturated carbocycles. The average Bonchev–Trinajstić information content (AvgIpc) is 2.30. The van der Waals surface area contributed by atoms with E-state index in [1.54, 1.807) is 0 Å². The van der Waals surface area contributed by atoms with Crippen LogP contribution in [0.2, 0.25) is 0 Å². The van der Waals surface area contributed by atoms with Gasteiger partial charge < -0.3 is 4.74 Å². The predicted octanol–water partition coefficient (Wildman–Crippen LogP) is 3.76. The highest BCUT2D eigenvalue weighted by Gasteiger charge is 2.13. The number of thiol groups is 1. The molecule has 0 aliphatic rings. The van der Waals surface area contributed by atoms with Gasteiger partial charge in [0, 0.05) is 5.92 Å². The smallest absolute Gasteiger partial charge is 0.0570 e. The molecule has 2 heteroatoms. The molecule has 0 radical (unpaired) electrons. The molecule has 0 amide bonds. The fourth-order valence-electron chi connectivity index (χ4n) is 1.44. The Balaban J connectivity index is 2.50. The molecule has 0 heterocycles. The maximum atomic E-state index is 5.86. The quantitative estimate of drug-likeness (QED) is 0.742. The van der Waals surface area contributed by atoms with E-state index in [1.807, 2.05) is 6.07 Å². The molecule has 0 fully saturated rings. The Bertz CT molecular complexity index is 284. The van der Waals surface area contributed by atoms with Crippen LogP contribution in [-0.2, 0) is 4.74 Å². The first-order valence-corrected chi connectivity index (χ1v) is 6.55. The monoisotopic (exact) mass is 238 g/mol. The third-order valence-corrected chi connectivity index (χ3v) is 3.43. The lowest BCUT2D eigenvalue weighted by Gasteiger charge is -2.21. The Labute approximate surface area is 105 Å². The van der Waals surface area contributed by atoms with Crippen molar-refractivity contribution in [2.75, 3.05) is 12.4 Å². The van der Waals surface area contributed by atoms with Crippen molar-refractivity contribution >= 4 is 12.6 Å². The molecule has 0 aliphatic heterocycles. The molecule has 16 heavy (non-hydrogen) atoms. The number of benzene rings is 1. The third-order valence-electron chi connectivity index (χ3n) is 2.99. The molecule has 0 N–H and O–H groups in total. The van der Waals surface area contributed by atoms with Gasteiger partial charge in [0.15, 0.2) is 0 Å². The predicted molar refractivity (Wildman–Crippen MR) is 73.3 cm³/mol. The van der Waals surface area contributed by atoms with Crippen molar-refractivity contribution in [3.05, 3.63) is 35.9 Å². The summed E-state index contributed by atoms with van der Waals surface area (Å²) in [6.45, 7) is 7.25. The van der Waals surface area contributed by atoms with E-state index in [0.29, 0.717) is 17.9 Å². The third kappa shape index (κ3) is 4.18. The van der Waals surface area contributed by atoms with Crippen molar-refractivity contribution in [3.63, 3.8) is 0 Å². The maximum absolute atomic E-state index is 5.86. The highest BCUT2D eigenvalue weighted by molar-refractivity contribution is 7.80. The zero-order valence-electron chi connectivity index (χ0n) is 10.4. The van der Waals surface area contributed by atoms with Crippen LogP contribution in [0, 0.1) is 5.92 Å². The molecule has 1 aromatic rings. The lowest BCUT2D eigenvalue weighted by atomic mass is 10.0. The lowest BCUT2D eigenvalue weighted by molar-refractivity contribution is 0.0293. The molecular formula is C14H22OS. The van der Waals surface area contributed by atoms with Gasteiger partial charge in [-0.05, 0) is 24.2 Å². The maximum Gasteiger partial charge on any atom is 0.0570 e. The van der Waals surface area contributed by atoms with Crippen LogP contribution in [0.15, 0.2) is 30.3 Å². The minimum Gasteiger partial charge on any atom is -0.378 e. The van der Waals surface area contributed by atoms with Gasteiger partial charge in [-0.15, -0.1) is 0 Å². The molecular weight excluding hydrogens is 216 g/mol. The van der Waals surface area contributed by atoms with E-state index in [0.717, 1.165) is 12.4 Å². The second kappa shape index (κ2) is 6.97. The largest absolute Gasteiger partial charge is 0.378 e. The minimum atomic E-state index is 0.311. The van der Waals surface area contributed by atoms with Crippen LogP contribution >= 0.6 is 12.6 Å². The zero-order chi connectivity index (χ0) is 12.0. The molecule has 0 aliphatic carbocycles. The first-order valence-electron chi connectivity index (χ1n) is 5.92. The van der Waals surface area contributed by atoms with E-state index in [-0.39, 0.29) is 0 Å². The SMILES string of the molecule is CC(C)C(C)OCC(CS)c1ccccc1. The molecule has 90 valence electrons. The molecule has 0 spiro atoms. The summed E-state index contributed by atoms with van der Waals surface area (Å²) in [5, 5.41) is 0. The minimum absolute atomic E-state index is 0.311. The van der Waals surface area contributed by atoms with Gasteiger partial charge in [-0.25, -0.2) is 0 Å². The fourth-order valence-corrected chi connectivity index (χ4v) is 1.76. The van der Waals surface area contributed by atoms with Crippen LogP contribution in [0.25, 0.3) is 0 Å². The van der Waals surface area contributed by atoms with Crippen LogP contribution < -0.4 is 0 Å². The van der Waals surface area contributed by atoms with Gasteiger partial charge in [0.25, 0.3) is 0 Å². The van der Waals surface area contributed by atoms with Crippen molar-refractivity contribution in [1.82, 2.24) is 0 Å². The second-order valence-corrected chi connectivity index (χ2v) is 4.94. The summed E-state index contributed by atoms with van der Waals surface area (Å²) in [6, 6.07) is 10.5. The van der Waals surface area contributed by atoms with E-state index in [4.69, 9.17) is 4.74 Å². The Morgan fingerprint density at radius 2 is 1.75 bits per heavy atom. The standard InChI is InChI=1S/C14H22OS/c1-11(2)12(3)15-9-14(10-16)13-7-5-4-6-8-13/h4-8,11-12,14,16H,9-10H2,1-3H3. The molecule has 1 rings (SSSR count). The number of hydrogen-bond donors (Lipinski definition) is 1. The second-order valence-electron chi connectivity index (χ2n) is 4.57. The Morgan fingerprint density at radius 1 is 1.12 bits per heavy atom. The molecule has 0 saturated heterocycles. The van der Waals surface area contributed by atoms with Crippen molar-refractivity contribution in [2.24, 2.45) is 5.92 Å². The summed E-state index contributed by atoms with van der Waals surface area (Å²) in [4.78, 5) is 0. The number of hydrogen-bond acceptors (Lipinski definition) is 2. The van der Waals surface area contributed by atoms with Crippen LogP contribution in [0.5, 0.6) is 0 Å². The fraction of sp³-hybridized carbons (Fsp3) is 0.571. The molecule has 1 nitrogen and oxygen atoms in total. The van der Waals surface area contributed by atoms with E-state index < -0.39 is 0 Å². The van der Waals surface area contributed by atoms with Gasteiger partial charge in [-0.1, -0.05) is 44.2 Å². The topological polar surface area (TPSA) is 9.23 Å². The van der Waals surface area contributed by atoms with Crippen molar-refractivity contribution in [2.45, 2.75) is 32.8 Å². The summed E-state index contributed by atoms with van der Waals surface area (Å²) in [6.07, 6.45) is 0.311. The molecule has 0 aromatic heterocycles. The highest BCUT2D eigenvalue weighted by atomic mass is 32.1. The van der Waals surface area contributed by atoms with Crippen molar-refractivity contribution in [1.29, 1.82) is 0 Å². The summed E-state index contributed by atoms with van der Waals surface area (Å²) < 4.78 is 5.86. The van der Waals surface area contributed by atoms with E-state index in [2.05, 4.69) is 57.7 Å². The van der Waals surface area contributed by atoms with Gasteiger partial charge in [-0.3, -0.25) is 0 Å². The van der Waals surface area contributed by atoms with E-state index in [9.17, 15) is 0 Å². The van der Waals surface area contributed by atoms with Gasteiger partial charge in [0.2, 0.25) is 0 Å². The first-order chi connectivity index (χ1) is 7.65. The average molecular weight is 238 g/mol. The number of ether oxygens (including phenoxy) is 1. The van der Waals surface area contributed by atoms with Crippen LogP contribution in [-0.4, -0.2) is 18.5 Å². The Morgan fingerprint density at radius 3 is 2.25 bits per heavy atom.